The molecule has 0 radical (unpaired) electrons. The number of pyridine rings is 1. The van der Waals surface area contributed by atoms with Crippen LogP contribution in [0.5, 0.6) is 5.75 Å². The van der Waals surface area contributed by atoms with Crippen molar-refractivity contribution in [1.29, 1.82) is 0 Å². The number of methoxy groups -OCH3 is 2. The molecule has 90 valence electrons. The van der Waals surface area contributed by atoms with Crippen LogP contribution in [0.2, 0.25) is 0 Å². The summed E-state index contributed by atoms with van der Waals surface area (Å²) in [5.74, 6) is 0.754. The maximum atomic E-state index is 5.42. The molecule has 0 fully saturated rings. The van der Waals surface area contributed by atoms with Gasteiger partial charge in [-0.3, -0.25) is 4.98 Å². The first-order chi connectivity index (χ1) is 8.27. The van der Waals surface area contributed by atoms with Crippen LogP contribution in [0.25, 0.3) is 11.3 Å². The lowest BCUT2D eigenvalue weighted by molar-refractivity contribution is 0.184. The molecule has 0 saturated heterocycles. The van der Waals surface area contributed by atoms with Gasteiger partial charge in [0.1, 0.15) is 5.75 Å². The van der Waals surface area contributed by atoms with E-state index in [1.54, 1.807) is 32.9 Å². The molecule has 0 aliphatic rings. The molecular formula is C12H15N3O2. The van der Waals surface area contributed by atoms with Gasteiger partial charge >= 0.3 is 0 Å². The fourth-order valence-electron chi connectivity index (χ4n) is 1.83. The molecule has 0 unspecified atom stereocenters. The molecule has 0 spiro atoms. The molecular weight excluding hydrogens is 218 g/mol. The zero-order chi connectivity index (χ0) is 12.3. The van der Waals surface area contributed by atoms with Crippen LogP contribution in [0.15, 0.2) is 18.7 Å². The Morgan fingerprint density at radius 3 is 2.71 bits per heavy atom. The monoisotopic (exact) mass is 233 g/mol. The van der Waals surface area contributed by atoms with Gasteiger partial charge in [0.25, 0.3) is 0 Å². The van der Waals surface area contributed by atoms with Gasteiger partial charge in [-0.2, -0.15) is 0 Å². The molecule has 0 amide bonds. The molecule has 2 aromatic rings. The van der Waals surface area contributed by atoms with Gasteiger partial charge in [-0.1, -0.05) is 0 Å². The maximum Gasteiger partial charge on any atom is 0.149 e. The van der Waals surface area contributed by atoms with Gasteiger partial charge < -0.3 is 14.5 Å². The van der Waals surface area contributed by atoms with Gasteiger partial charge in [0.05, 0.1) is 43.2 Å². The number of aromatic nitrogens is 3. The van der Waals surface area contributed by atoms with Crippen LogP contribution in [0.4, 0.5) is 0 Å². The third kappa shape index (κ3) is 2.14. The summed E-state index contributed by atoms with van der Waals surface area (Å²) >= 11 is 0. The Labute approximate surface area is 99.8 Å². The van der Waals surface area contributed by atoms with Gasteiger partial charge in [0.2, 0.25) is 0 Å². The lowest BCUT2D eigenvalue weighted by Crippen LogP contribution is -2.00. The van der Waals surface area contributed by atoms with E-state index in [-0.39, 0.29) is 0 Å². The van der Waals surface area contributed by atoms with Crippen molar-refractivity contribution in [1.82, 2.24) is 15.0 Å². The highest BCUT2D eigenvalue weighted by atomic mass is 16.5. The molecule has 1 N–H and O–H groups in total. The Balaban J connectivity index is 2.62. The fourth-order valence-corrected chi connectivity index (χ4v) is 1.83. The number of H-pyrrole nitrogens is 1. The molecule has 0 aromatic carbocycles. The van der Waals surface area contributed by atoms with Crippen molar-refractivity contribution in [3.05, 3.63) is 30.0 Å². The van der Waals surface area contributed by atoms with Gasteiger partial charge in [0, 0.05) is 18.9 Å². The molecule has 0 saturated carbocycles. The largest absolute Gasteiger partial charge is 0.494 e. The van der Waals surface area contributed by atoms with E-state index in [2.05, 4.69) is 15.0 Å². The van der Waals surface area contributed by atoms with Crippen molar-refractivity contribution in [3.8, 4) is 17.0 Å². The summed E-state index contributed by atoms with van der Waals surface area (Å²) in [7, 11) is 3.30. The minimum absolute atomic E-state index is 0.484. The maximum absolute atomic E-state index is 5.42. The number of nitrogens with one attached hydrogen (secondary N) is 1. The third-order valence-electron chi connectivity index (χ3n) is 2.56. The minimum Gasteiger partial charge on any atom is -0.494 e. The van der Waals surface area contributed by atoms with Gasteiger partial charge in [-0.05, 0) is 6.92 Å². The van der Waals surface area contributed by atoms with E-state index in [1.165, 1.54) is 0 Å². The van der Waals surface area contributed by atoms with Crippen LogP contribution >= 0.6 is 0 Å². The molecule has 2 rings (SSSR count). The zero-order valence-corrected chi connectivity index (χ0v) is 10.2. The van der Waals surface area contributed by atoms with Crippen molar-refractivity contribution in [3.63, 3.8) is 0 Å². The lowest BCUT2D eigenvalue weighted by Gasteiger charge is -2.13. The van der Waals surface area contributed by atoms with Crippen molar-refractivity contribution in [2.24, 2.45) is 0 Å². The smallest absolute Gasteiger partial charge is 0.149 e. The van der Waals surface area contributed by atoms with Crippen LogP contribution in [0.1, 0.15) is 11.3 Å². The standard InChI is InChI=1S/C12H15N3O2/c1-8-12(17-3)11(10-5-13-7-15-10)9(4-14-8)6-16-2/h4-5,7H,6H2,1-3H3,(H,13,15). The fraction of sp³-hybridized carbons (Fsp3) is 0.333. The Kier molecular flexibility index (Phi) is 3.39. The minimum atomic E-state index is 0.484. The number of ether oxygens (including phenoxy) is 2. The van der Waals surface area contributed by atoms with Crippen LogP contribution in [-0.2, 0) is 11.3 Å². The first-order valence-electron chi connectivity index (χ1n) is 5.28. The first-order valence-corrected chi connectivity index (χ1v) is 5.28. The highest BCUT2D eigenvalue weighted by Crippen LogP contribution is 2.33. The number of rotatable bonds is 4. The summed E-state index contributed by atoms with van der Waals surface area (Å²) < 4.78 is 10.6. The molecule has 5 nitrogen and oxygen atoms in total. The summed E-state index contributed by atoms with van der Waals surface area (Å²) in [4.78, 5) is 11.4. The van der Waals surface area contributed by atoms with Gasteiger partial charge in [0.15, 0.2) is 0 Å². The second-order valence-corrected chi connectivity index (χ2v) is 3.68. The Morgan fingerprint density at radius 2 is 2.12 bits per heavy atom. The van der Waals surface area contributed by atoms with E-state index >= 15 is 0 Å². The average molecular weight is 233 g/mol. The molecule has 0 aliphatic heterocycles. The van der Waals surface area contributed by atoms with Crippen LogP contribution in [0.3, 0.4) is 0 Å². The van der Waals surface area contributed by atoms with E-state index in [1.807, 2.05) is 6.92 Å². The summed E-state index contributed by atoms with van der Waals surface area (Å²) in [5, 5.41) is 0. The Bertz CT molecular complexity index is 495. The van der Waals surface area contributed by atoms with E-state index in [4.69, 9.17) is 9.47 Å². The second kappa shape index (κ2) is 4.97. The van der Waals surface area contributed by atoms with E-state index < -0.39 is 0 Å². The number of nitrogens with zero attached hydrogens (tertiary/aromatic N) is 2. The average Bonchev–Trinajstić information content (AvgIpc) is 2.84. The predicted octanol–water partition coefficient (Wildman–Crippen LogP) is 1.94. The summed E-state index contributed by atoms with van der Waals surface area (Å²) in [6, 6.07) is 0. The topological polar surface area (TPSA) is 60.0 Å². The summed E-state index contributed by atoms with van der Waals surface area (Å²) in [6.45, 7) is 2.40. The highest BCUT2D eigenvalue weighted by Gasteiger charge is 2.16. The Hall–Kier alpha value is -1.88. The van der Waals surface area contributed by atoms with E-state index in [0.29, 0.717) is 6.61 Å². The third-order valence-corrected chi connectivity index (χ3v) is 2.56. The van der Waals surface area contributed by atoms with Crippen molar-refractivity contribution >= 4 is 0 Å². The number of imidazole rings is 1. The van der Waals surface area contributed by atoms with Gasteiger partial charge in [-0.15, -0.1) is 0 Å². The Morgan fingerprint density at radius 1 is 1.29 bits per heavy atom. The number of aromatic amines is 1. The van der Waals surface area contributed by atoms with Crippen LogP contribution < -0.4 is 4.74 Å². The number of hydrogen-bond acceptors (Lipinski definition) is 4. The number of aryl methyl sites for hydroxylation is 1. The van der Waals surface area contributed by atoms with Crippen molar-refractivity contribution in [2.75, 3.05) is 14.2 Å². The molecule has 2 heterocycles. The predicted molar refractivity (Wildman–Crippen MR) is 63.8 cm³/mol. The lowest BCUT2D eigenvalue weighted by atomic mass is 10.1. The van der Waals surface area contributed by atoms with Crippen molar-refractivity contribution < 1.29 is 9.47 Å². The van der Waals surface area contributed by atoms with Crippen LogP contribution in [0, 0.1) is 6.92 Å². The van der Waals surface area contributed by atoms with E-state index in [9.17, 15) is 0 Å². The molecule has 0 aliphatic carbocycles. The highest BCUT2D eigenvalue weighted by molar-refractivity contribution is 5.71. The van der Waals surface area contributed by atoms with Gasteiger partial charge in [-0.25, -0.2) is 4.98 Å². The van der Waals surface area contributed by atoms with E-state index in [0.717, 1.165) is 28.3 Å². The van der Waals surface area contributed by atoms with Crippen LogP contribution in [-0.4, -0.2) is 29.2 Å². The molecule has 0 atom stereocenters. The molecule has 0 bridgehead atoms. The molecule has 17 heavy (non-hydrogen) atoms. The SMILES string of the molecule is COCc1cnc(C)c(OC)c1-c1cnc[nH]1. The number of hydrogen-bond donors (Lipinski definition) is 1. The quantitative estimate of drug-likeness (QED) is 0.876. The first kappa shape index (κ1) is 11.6. The molecule has 5 heteroatoms. The normalized spacial score (nSPS) is 10.5. The van der Waals surface area contributed by atoms with Crippen molar-refractivity contribution in [2.45, 2.75) is 13.5 Å². The zero-order valence-electron chi connectivity index (χ0n) is 10.2. The summed E-state index contributed by atoms with van der Waals surface area (Å²) in [6.07, 6.45) is 5.20. The second-order valence-electron chi connectivity index (χ2n) is 3.68. The summed E-state index contributed by atoms with van der Waals surface area (Å²) in [5.41, 5.74) is 3.68. The molecule has 2 aromatic heterocycles.